The van der Waals surface area contributed by atoms with Gasteiger partial charge in [0.1, 0.15) is 0 Å². The number of likely N-dealkylation sites (tertiary alicyclic amines) is 1. The number of thiophene rings is 1. The maximum Gasteiger partial charge on any atom is 0.0593 e. The summed E-state index contributed by atoms with van der Waals surface area (Å²) in [5.74, 6) is 3.29. The number of nitrogens with zero attached hydrogens (tertiary/aromatic N) is 1. The molecule has 3 heteroatoms. The third-order valence-electron chi connectivity index (χ3n) is 4.11. The first kappa shape index (κ1) is 14.6. The molecule has 0 aliphatic carbocycles. The number of hydrogen-bond donors (Lipinski definition) is 0. The van der Waals surface area contributed by atoms with Gasteiger partial charge in [-0.3, -0.25) is 4.90 Å². The van der Waals surface area contributed by atoms with Crippen LogP contribution in [0.4, 0.5) is 0 Å². The molecule has 1 aliphatic rings. The van der Waals surface area contributed by atoms with E-state index in [2.05, 4.69) is 40.5 Å². The van der Waals surface area contributed by atoms with Crippen molar-refractivity contribution in [2.75, 3.05) is 32.8 Å². The summed E-state index contributed by atoms with van der Waals surface area (Å²) >= 11 is 1.79. The molecule has 2 aromatic rings. The summed E-state index contributed by atoms with van der Waals surface area (Å²) in [6.07, 6.45) is 7.58. The Hall–Kier alpha value is -1.34. The Morgan fingerprint density at radius 2 is 2.29 bits per heavy atom. The molecule has 0 bridgehead atoms. The van der Waals surface area contributed by atoms with Crippen LogP contribution >= 0.6 is 11.3 Å². The quantitative estimate of drug-likeness (QED) is 0.598. The number of terminal acetylenes is 1. The van der Waals surface area contributed by atoms with Crippen LogP contribution in [0.25, 0.3) is 10.1 Å². The molecule has 1 fully saturated rings. The molecule has 0 spiro atoms. The summed E-state index contributed by atoms with van der Waals surface area (Å²) in [6, 6.07) is 8.87. The van der Waals surface area contributed by atoms with Crippen molar-refractivity contribution in [3.05, 3.63) is 35.2 Å². The number of ether oxygens (including phenoxy) is 1. The molecule has 1 unspecified atom stereocenters. The molecule has 21 heavy (non-hydrogen) atoms. The lowest BCUT2D eigenvalue weighted by molar-refractivity contribution is 0.113. The Labute approximate surface area is 130 Å². The third kappa shape index (κ3) is 3.85. The maximum atomic E-state index is 5.77. The van der Waals surface area contributed by atoms with E-state index >= 15 is 0 Å². The number of benzene rings is 1. The summed E-state index contributed by atoms with van der Waals surface area (Å²) in [7, 11) is 0. The topological polar surface area (TPSA) is 12.5 Å². The average Bonchev–Trinajstić information content (AvgIpc) is 3.15. The molecule has 110 valence electrons. The molecule has 0 radical (unpaired) electrons. The van der Waals surface area contributed by atoms with Gasteiger partial charge in [-0.2, -0.15) is 0 Å². The SMILES string of the molecule is C#CC1CCN(CCOCCc2ccc3sccc3c2)C1. The predicted molar refractivity (Wildman–Crippen MR) is 89.7 cm³/mol. The zero-order valence-corrected chi connectivity index (χ0v) is 13.1. The normalized spacial score (nSPS) is 19.1. The molecule has 0 saturated carbocycles. The molecule has 1 aliphatic heterocycles. The van der Waals surface area contributed by atoms with Crippen LogP contribution in [0.3, 0.4) is 0 Å². The van der Waals surface area contributed by atoms with E-state index in [0.717, 1.165) is 45.7 Å². The van der Waals surface area contributed by atoms with Crippen molar-refractivity contribution < 1.29 is 4.74 Å². The Morgan fingerprint density at radius 3 is 3.14 bits per heavy atom. The Bertz CT molecular complexity index is 627. The molecule has 1 aromatic carbocycles. The lowest BCUT2D eigenvalue weighted by Crippen LogP contribution is -2.25. The van der Waals surface area contributed by atoms with E-state index in [-0.39, 0.29) is 0 Å². The summed E-state index contributed by atoms with van der Waals surface area (Å²) in [5.41, 5.74) is 1.36. The van der Waals surface area contributed by atoms with Crippen LogP contribution in [0.15, 0.2) is 29.6 Å². The number of hydrogen-bond acceptors (Lipinski definition) is 3. The van der Waals surface area contributed by atoms with E-state index in [1.54, 1.807) is 11.3 Å². The second-order valence-corrected chi connectivity index (χ2v) is 6.56. The summed E-state index contributed by atoms with van der Waals surface area (Å²) < 4.78 is 7.13. The van der Waals surface area contributed by atoms with Gasteiger partial charge in [-0.1, -0.05) is 12.1 Å². The van der Waals surface area contributed by atoms with Crippen LogP contribution in [0.1, 0.15) is 12.0 Å². The van der Waals surface area contributed by atoms with E-state index in [9.17, 15) is 0 Å². The second-order valence-electron chi connectivity index (χ2n) is 5.61. The number of fused-ring (bicyclic) bond motifs is 1. The van der Waals surface area contributed by atoms with Gasteiger partial charge in [-0.25, -0.2) is 0 Å². The van der Waals surface area contributed by atoms with Crippen LogP contribution in [0, 0.1) is 18.3 Å². The van der Waals surface area contributed by atoms with Crippen molar-refractivity contribution in [3.8, 4) is 12.3 Å². The average molecular weight is 299 g/mol. The zero-order chi connectivity index (χ0) is 14.5. The summed E-state index contributed by atoms with van der Waals surface area (Å²) in [4.78, 5) is 2.40. The Kier molecular flexibility index (Phi) is 4.92. The second kappa shape index (κ2) is 7.09. The van der Waals surface area contributed by atoms with Gasteiger partial charge in [0, 0.05) is 23.7 Å². The molecule has 1 atom stereocenters. The van der Waals surface area contributed by atoms with E-state index in [4.69, 9.17) is 11.2 Å². The molecule has 1 aromatic heterocycles. The molecule has 0 amide bonds. The van der Waals surface area contributed by atoms with Crippen molar-refractivity contribution in [2.45, 2.75) is 12.8 Å². The number of rotatable bonds is 6. The first-order chi connectivity index (χ1) is 10.3. The molecule has 3 rings (SSSR count). The molecule has 2 nitrogen and oxygen atoms in total. The summed E-state index contributed by atoms with van der Waals surface area (Å²) in [5, 5.41) is 3.49. The van der Waals surface area contributed by atoms with Gasteiger partial charge in [-0.15, -0.1) is 23.7 Å². The highest BCUT2D eigenvalue weighted by molar-refractivity contribution is 7.17. The van der Waals surface area contributed by atoms with Gasteiger partial charge >= 0.3 is 0 Å². The molecular formula is C18H21NOS. The van der Waals surface area contributed by atoms with Gasteiger partial charge in [0.15, 0.2) is 0 Å². The third-order valence-corrected chi connectivity index (χ3v) is 5.01. The molecule has 1 saturated heterocycles. The largest absolute Gasteiger partial charge is 0.380 e. The van der Waals surface area contributed by atoms with Crippen molar-refractivity contribution in [1.29, 1.82) is 0 Å². The fourth-order valence-electron chi connectivity index (χ4n) is 2.83. The first-order valence-electron chi connectivity index (χ1n) is 7.57. The van der Waals surface area contributed by atoms with E-state index < -0.39 is 0 Å². The van der Waals surface area contributed by atoms with Gasteiger partial charge in [0.2, 0.25) is 0 Å². The van der Waals surface area contributed by atoms with Gasteiger partial charge < -0.3 is 4.74 Å². The Morgan fingerprint density at radius 1 is 1.33 bits per heavy atom. The summed E-state index contributed by atoms with van der Waals surface area (Å²) in [6.45, 7) is 4.75. The zero-order valence-electron chi connectivity index (χ0n) is 12.3. The maximum absolute atomic E-state index is 5.77. The fraction of sp³-hybridized carbons (Fsp3) is 0.444. The molecule has 0 N–H and O–H groups in total. The van der Waals surface area contributed by atoms with Crippen LogP contribution < -0.4 is 0 Å². The lowest BCUT2D eigenvalue weighted by atomic mass is 10.1. The van der Waals surface area contributed by atoms with E-state index in [0.29, 0.717) is 5.92 Å². The highest BCUT2D eigenvalue weighted by Gasteiger charge is 2.19. The minimum absolute atomic E-state index is 0.447. The van der Waals surface area contributed by atoms with Crippen molar-refractivity contribution in [2.24, 2.45) is 5.92 Å². The van der Waals surface area contributed by atoms with Gasteiger partial charge in [0.25, 0.3) is 0 Å². The van der Waals surface area contributed by atoms with E-state index in [1.165, 1.54) is 15.6 Å². The lowest BCUT2D eigenvalue weighted by Gasteiger charge is -2.14. The van der Waals surface area contributed by atoms with Crippen molar-refractivity contribution >= 4 is 21.4 Å². The first-order valence-corrected chi connectivity index (χ1v) is 8.45. The highest BCUT2D eigenvalue weighted by atomic mass is 32.1. The predicted octanol–water partition coefficient (Wildman–Crippen LogP) is 3.42. The fourth-order valence-corrected chi connectivity index (χ4v) is 3.60. The minimum atomic E-state index is 0.447. The standard InChI is InChI=1S/C18H21NOS/c1-2-15-5-8-19(14-15)9-11-20-10-6-16-3-4-18-17(13-16)7-12-21-18/h1,3-4,7,12-13,15H,5-6,8-11,14H2. The Balaban J connectivity index is 1.36. The van der Waals surface area contributed by atoms with Gasteiger partial charge in [0.05, 0.1) is 13.2 Å². The van der Waals surface area contributed by atoms with Crippen LogP contribution in [0.2, 0.25) is 0 Å². The smallest absolute Gasteiger partial charge is 0.0593 e. The van der Waals surface area contributed by atoms with Crippen LogP contribution in [-0.4, -0.2) is 37.7 Å². The van der Waals surface area contributed by atoms with Crippen molar-refractivity contribution in [1.82, 2.24) is 4.90 Å². The monoisotopic (exact) mass is 299 g/mol. The van der Waals surface area contributed by atoms with Gasteiger partial charge in [-0.05, 0) is 47.8 Å². The van der Waals surface area contributed by atoms with Crippen LogP contribution in [0.5, 0.6) is 0 Å². The van der Waals surface area contributed by atoms with Crippen LogP contribution in [-0.2, 0) is 11.2 Å². The minimum Gasteiger partial charge on any atom is -0.380 e. The van der Waals surface area contributed by atoms with E-state index in [1.807, 2.05) is 0 Å². The molecular weight excluding hydrogens is 278 g/mol. The highest BCUT2D eigenvalue weighted by Crippen LogP contribution is 2.22. The van der Waals surface area contributed by atoms with Crippen molar-refractivity contribution in [3.63, 3.8) is 0 Å². The molecule has 2 heterocycles.